The molecule has 0 radical (unpaired) electrons. The summed E-state index contributed by atoms with van der Waals surface area (Å²) in [6, 6.07) is 12.0. The number of rotatable bonds is 5. The number of nitrogens with one attached hydrogen (secondary N) is 1. The van der Waals surface area contributed by atoms with Crippen molar-refractivity contribution in [3.05, 3.63) is 59.0 Å². The number of furan rings is 1. The van der Waals surface area contributed by atoms with Gasteiger partial charge in [-0.05, 0) is 36.1 Å². The molecule has 0 aliphatic carbocycles. The Morgan fingerprint density at radius 3 is 2.96 bits per heavy atom. The summed E-state index contributed by atoms with van der Waals surface area (Å²) < 4.78 is 16.7. The summed E-state index contributed by atoms with van der Waals surface area (Å²) in [6.07, 6.45) is 1.80. The second-order valence-corrected chi connectivity index (χ2v) is 7.21. The second kappa shape index (κ2) is 8.25. The van der Waals surface area contributed by atoms with Crippen LogP contribution in [-0.4, -0.2) is 49.8 Å². The highest BCUT2D eigenvalue weighted by atomic mass is 16.5. The highest BCUT2D eigenvalue weighted by Crippen LogP contribution is 2.21. The average molecular weight is 370 g/mol. The first kappa shape index (κ1) is 18.2. The Balaban J connectivity index is 1.35. The van der Waals surface area contributed by atoms with Crippen LogP contribution in [0, 0.1) is 0 Å². The second-order valence-electron chi connectivity index (χ2n) is 7.21. The van der Waals surface area contributed by atoms with Gasteiger partial charge in [-0.3, -0.25) is 9.69 Å². The van der Waals surface area contributed by atoms with Crippen molar-refractivity contribution < 1.29 is 18.7 Å². The summed E-state index contributed by atoms with van der Waals surface area (Å²) in [5.74, 6) is 0.924. The molecule has 6 nitrogen and oxygen atoms in total. The van der Waals surface area contributed by atoms with Crippen molar-refractivity contribution in [1.29, 1.82) is 0 Å². The minimum atomic E-state index is -0.220. The van der Waals surface area contributed by atoms with E-state index in [0.29, 0.717) is 25.5 Å². The SMILES string of the molecule is CO[C@@H]1CCOC[C@H]1NC(=O)c1ccc(CN2CCc3ccccc3C2)o1. The van der Waals surface area contributed by atoms with Crippen LogP contribution in [0.25, 0.3) is 0 Å². The molecule has 2 aliphatic heterocycles. The fraction of sp³-hybridized carbons (Fsp3) is 0.476. The zero-order valence-electron chi connectivity index (χ0n) is 15.6. The maximum absolute atomic E-state index is 12.5. The van der Waals surface area contributed by atoms with E-state index < -0.39 is 0 Å². The van der Waals surface area contributed by atoms with E-state index in [1.807, 2.05) is 6.07 Å². The van der Waals surface area contributed by atoms with E-state index in [1.165, 1.54) is 11.1 Å². The first-order chi connectivity index (χ1) is 13.2. The van der Waals surface area contributed by atoms with Crippen LogP contribution in [0.3, 0.4) is 0 Å². The molecule has 4 rings (SSSR count). The summed E-state index contributed by atoms with van der Waals surface area (Å²) in [6.45, 7) is 3.73. The fourth-order valence-corrected chi connectivity index (χ4v) is 3.87. The summed E-state index contributed by atoms with van der Waals surface area (Å²) in [5, 5.41) is 2.97. The predicted molar refractivity (Wildman–Crippen MR) is 100 cm³/mol. The maximum Gasteiger partial charge on any atom is 0.287 e. The summed E-state index contributed by atoms with van der Waals surface area (Å²) in [5.41, 5.74) is 2.80. The first-order valence-corrected chi connectivity index (χ1v) is 9.52. The molecule has 6 heteroatoms. The van der Waals surface area contributed by atoms with Gasteiger partial charge in [0, 0.05) is 26.8 Å². The molecule has 1 aromatic heterocycles. The largest absolute Gasteiger partial charge is 0.455 e. The molecule has 1 saturated heterocycles. The van der Waals surface area contributed by atoms with Crippen LogP contribution in [0.5, 0.6) is 0 Å². The molecule has 0 spiro atoms. The molecule has 0 saturated carbocycles. The van der Waals surface area contributed by atoms with Gasteiger partial charge >= 0.3 is 0 Å². The summed E-state index contributed by atoms with van der Waals surface area (Å²) in [7, 11) is 1.66. The molecular formula is C21H26N2O4. The molecule has 1 aromatic carbocycles. The van der Waals surface area contributed by atoms with Gasteiger partial charge in [0.2, 0.25) is 0 Å². The lowest BCUT2D eigenvalue weighted by atomic mass is 10.00. The monoisotopic (exact) mass is 370 g/mol. The molecule has 144 valence electrons. The molecular weight excluding hydrogens is 344 g/mol. The number of methoxy groups -OCH3 is 1. The van der Waals surface area contributed by atoms with Crippen LogP contribution in [0.15, 0.2) is 40.8 Å². The first-order valence-electron chi connectivity index (χ1n) is 9.52. The van der Waals surface area contributed by atoms with Crippen LogP contribution in [0.4, 0.5) is 0 Å². The topological polar surface area (TPSA) is 63.9 Å². The minimum Gasteiger partial charge on any atom is -0.455 e. The standard InChI is InChI=1S/C21H26N2O4/c1-25-19-9-11-26-14-18(19)22-21(24)20-7-6-17(27-20)13-23-10-8-15-4-2-3-5-16(15)12-23/h2-7,18-19H,8-14H2,1H3,(H,22,24)/t18-,19-/m1/s1. The van der Waals surface area contributed by atoms with Crippen LogP contribution in [-0.2, 0) is 29.0 Å². The molecule has 1 N–H and O–H groups in total. The lowest BCUT2D eigenvalue weighted by Crippen LogP contribution is -2.50. The third kappa shape index (κ3) is 4.24. The molecule has 27 heavy (non-hydrogen) atoms. The third-order valence-corrected chi connectivity index (χ3v) is 5.39. The lowest BCUT2D eigenvalue weighted by Gasteiger charge is -2.30. The Morgan fingerprint density at radius 1 is 1.26 bits per heavy atom. The smallest absolute Gasteiger partial charge is 0.287 e. The maximum atomic E-state index is 12.5. The van der Waals surface area contributed by atoms with Crippen LogP contribution in [0.1, 0.15) is 33.9 Å². The molecule has 2 atom stereocenters. The number of ether oxygens (including phenoxy) is 2. The van der Waals surface area contributed by atoms with Crippen LogP contribution >= 0.6 is 0 Å². The Bertz CT molecular complexity index is 788. The molecule has 0 unspecified atom stereocenters. The highest BCUT2D eigenvalue weighted by Gasteiger charge is 2.28. The Labute approximate surface area is 159 Å². The normalized spacial score (nSPS) is 23.0. The number of amides is 1. The summed E-state index contributed by atoms with van der Waals surface area (Å²) in [4.78, 5) is 14.9. The van der Waals surface area contributed by atoms with Gasteiger partial charge in [-0.15, -0.1) is 0 Å². The van der Waals surface area contributed by atoms with E-state index in [-0.39, 0.29) is 18.1 Å². The number of nitrogens with zero attached hydrogens (tertiary/aromatic N) is 1. The molecule has 1 amide bonds. The highest BCUT2D eigenvalue weighted by molar-refractivity contribution is 5.91. The van der Waals surface area contributed by atoms with Crippen molar-refractivity contribution >= 4 is 5.91 Å². The summed E-state index contributed by atoms with van der Waals surface area (Å²) >= 11 is 0. The van der Waals surface area contributed by atoms with Crippen LogP contribution < -0.4 is 5.32 Å². The molecule has 1 fully saturated rings. The van der Waals surface area contributed by atoms with E-state index in [0.717, 1.165) is 31.7 Å². The minimum absolute atomic E-state index is 0.0226. The molecule has 2 aliphatic rings. The van der Waals surface area contributed by atoms with Gasteiger partial charge in [0.25, 0.3) is 5.91 Å². The Hall–Kier alpha value is -2.15. The van der Waals surface area contributed by atoms with Gasteiger partial charge in [-0.2, -0.15) is 0 Å². The third-order valence-electron chi connectivity index (χ3n) is 5.39. The van der Waals surface area contributed by atoms with E-state index in [1.54, 1.807) is 13.2 Å². The number of hydrogen-bond donors (Lipinski definition) is 1. The number of fused-ring (bicyclic) bond motifs is 1. The van der Waals surface area contributed by atoms with Gasteiger partial charge in [0.1, 0.15) is 5.76 Å². The van der Waals surface area contributed by atoms with Gasteiger partial charge in [-0.1, -0.05) is 24.3 Å². The number of carbonyl (C=O) groups excluding carboxylic acids is 1. The van der Waals surface area contributed by atoms with E-state index in [4.69, 9.17) is 13.9 Å². The van der Waals surface area contributed by atoms with E-state index >= 15 is 0 Å². The molecule has 2 aromatic rings. The van der Waals surface area contributed by atoms with Crippen molar-refractivity contribution in [3.8, 4) is 0 Å². The zero-order chi connectivity index (χ0) is 18.6. The molecule has 0 bridgehead atoms. The van der Waals surface area contributed by atoms with E-state index in [2.05, 4.69) is 34.5 Å². The van der Waals surface area contributed by atoms with Gasteiger partial charge < -0.3 is 19.2 Å². The van der Waals surface area contributed by atoms with Crippen LogP contribution in [0.2, 0.25) is 0 Å². The molecule has 3 heterocycles. The van der Waals surface area contributed by atoms with Crippen molar-refractivity contribution in [2.45, 2.75) is 38.1 Å². The number of benzene rings is 1. The van der Waals surface area contributed by atoms with Crippen molar-refractivity contribution in [2.24, 2.45) is 0 Å². The number of hydrogen-bond acceptors (Lipinski definition) is 5. The quantitative estimate of drug-likeness (QED) is 0.875. The Kier molecular flexibility index (Phi) is 5.57. The number of carbonyl (C=O) groups is 1. The lowest BCUT2D eigenvalue weighted by molar-refractivity contribution is -0.0351. The van der Waals surface area contributed by atoms with Gasteiger partial charge in [0.15, 0.2) is 5.76 Å². The van der Waals surface area contributed by atoms with Gasteiger partial charge in [0.05, 0.1) is 25.3 Å². The van der Waals surface area contributed by atoms with E-state index in [9.17, 15) is 4.79 Å². The van der Waals surface area contributed by atoms with Crippen molar-refractivity contribution in [1.82, 2.24) is 10.2 Å². The Morgan fingerprint density at radius 2 is 2.11 bits per heavy atom. The van der Waals surface area contributed by atoms with Crippen molar-refractivity contribution in [3.63, 3.8) is 0 Å². The fourth-order valence-electron chi connectivity index (χ4n) is 3.87. The van der Waals surface area contributed by atoms with Gasteiger partial charge in [-0.25, -0.2) is 0 Å². The van der Waals surface area contributed by atoms with Crippen molar-refractivity contribution in [2.75, 3.05) is 26.9 Å². The average Bonchev–Trinajstić information content (AvgIpc) is 3.17. The zero-order valence-corrected chi connectivity index (χ0v) is 15.6. The predicted octanol–water partition coefficient (Wildman–Crippen LogP) is 2.37.